The smallest absolute Gasteiger partial charge is 0.130 e. The van der Waals surface area contributed by atoms with Crippen molar-refractivity contribution in [3.05, 3.63) is 40.7 Å². The van der Waals surface area contributed by atoms with Gasteiger partial charge in [-0.15, -0.1) is 0 Å². The summed E-state index contributed by atoms with van der Waals surface area (Å²) in [7, 11) is 0. The molecule has 0 unspecified atom stereocenters. The van der Waals surface area contributed by atoms with Crippen LogP contribution in [-0.2, 0) is 0 Å². The monoisotopic (exact) mass is 184 g/mol. The molecule has 0 aromatic heterocycles. The van der Waals surface area contributed by atoms with Gasteiger partial charge < -0.3 is 0 Å². The highest BCUT2D eigenvalue weighted by Crippen LogP contribution is 2.21. The van der Waals surface area contributed by atoms with Gasteiger partial charge in [0.2, 0.25) is 0 Å². The quantitative estimate of drug-likeness (QED) is 0.621. The van der Waals surface area contributed by atoms with E-state index in [-0.39, 0.29) is 5.82 Å². The Bertz CT molecular complexity index is 316. The summed E-state index contributed by atoms with van der Waals surface area (Å²) in [6, 6.07) is 4.56. The normalized spacial score (nSPS) is 11.8. The van der Waals surface area contributed by atoms with Crippen LogP contribution < -0.4 is 0 Å². The van der Waals surface area contributed by atoms with Gasteiger partial charge in [-0.2, -0.15) is 0 Å². The van der Waals surface area contributed by atoms with Gasteiger partial charge >= 0.3 is 0 Å². The van der Waals surface area contributed by atoms with Crippen LogP contribution in [0.2, 0.25) is 5.02 Å². The average molecular weight is 185 g/mol. The zero-order chi connectivity index (χ0) is 9.14. The van der Waals surface area contributed by atoms with Crippen molar-refractivity contribution in [1.82, 2.24) is 0 Å². The fraction of sp³-hybridized carbons (Fsp3) is 0.200. The van der Waals surface area contributed by atoms with Crippen molar-refractivity contribution < 1.29 is 4.39 Å². The molecule has 2 heteroatoms. The molecule has 0 saturated heterocycles. The van der Waals surface area contributed by atoms with E-state index in [0.29, 0.717) is 10.6 Å². The Morgan fingerprint density at radius 2 is 2.17 bits per heavy atom. The lowest BCUT2D eigenvalue weighted by Crippen LogP contribution is -1.85. The highest BCUT2D eigenvalue weighted by atomic mass is 35.5. The largest absolute Gasteiger partial charge is 0.206 e. The number of hydrogen-bond acceptors (Lipinski definition) is 0. The number of hydrogen-bond donors (Lipinski definition) is 0. The second-order valence-electron chi connectivity index (χ2n) is 2.60. The second kappa shape index (κ2) is 3.72. The molecular formula is C10H10ClF. The molecule has 0 aliphatic rings. The van der Waals surface area contributed by atoms with E-state index in [1.807, 2.05) is 19.9 Å². The van der Waals surface area contributed by atoms with Crippen LogP contribution in [0, 0.1) is 5.82 Å². The highest BCUT2D eigenvalue weighted by molar-refractivity contribution is 6.30. The first-order chi connectivity index (χ1) is 5.65. The lowest BCUT2D eigenvalue weighted by atomic mass is 10.1. The third-order valence-electron chi connectivity index (χ3n) is 1.79. The lowest BCUT2D eigenvalue weighted by molar-refractivity contribution is 0.624. The fourth-order valence-electron chi connectivity index (χ4n) is 0.955. The second-order valence-corrected chi connectivity index (χ2v) is 3.03. The first-order valence-corrected chi connectivity index (χ1v) is 4.11. The first kappa shape index (κ1) is 9.27. The molecule has 64 valence electrons. The molecule has 0 bridgehead atoms. The van der Waals surface area contributed by atoms with E-state index < -0.39 is 0 Å². The van der Waals surface area contributed by atoms with Gasteiger partial charge in [0.05, 0.1) is 0 Å². The lowest BCUT2D eigenvalue weighted by Gasteiger charge is -2.02. The molecule has 1 aromatic carbocycles. The van der Waals surface area contributed by atoms with E-state index in [0.717, 1.165) is 5.57 Å². The summed E-state index contributed by atoms with van der Waals surface area (Å²) in [5, 5.41) is 0.563. The van der Waals surface area contributed by atoms with Crippen LogP contribution in [0.4, 0.5) is 4.39 Å². The topological polar surface area (TPSA) is 0 Å². The summed E-state index contributed by atoms with van der Waals surface area (Å²) in [5.74, 6) is -0.227. The number of allylic oxidation sites excluding steroid dienone is 2. The molecule has 12 heavy (non-hydrogen) atoms. The van der Waals surface area contributed by atoms with Gasteiger partial charge in [-0.25, -0.2) is 4.39 Å². The van der Waals surface area contributed by atoms with Crippen LogP contribution in [-0.4, -0.2) is 0 Å². The summed E-state index contributed by atoms with van der Waals surface area (Å²) in [5.41, 5.74) is 1.47. The molecule has 1 rings (SSSR count). The summed E-state index contributed by atoms with van der Waals surface area (Å²) >= 11 is 5.72. The van der Waals surface area contributed by atoms with E-state index in [4.69, 9.17) is 11.6 Å². The van der Waals surface area contributed by atoms with Crippen molar-refractivity contribution >= 4 is 17.2 Å². The fourth-order valence-corrected chi connectivity index (χ4v) is 1.13. The Balaban J connectivity index is 3.23. The van der Waals surface area contributed by atoms with Crippen molar-refractivity contribution in [2.45, 2.75) is 13.8 Å². The summed E-state index contributed by atoms with van der Waals surface area (Å²) in [6.07, 6.45) is 1.86. The van der Waals surface area contributed by atoms with Crippen molar-refractivity contribution in [1.29, 1.82) is 0 Å². The maximum atomic E-state index is 13.1. The minimum Gasteiger partial charge on any atom is -0.206 e. The van der Waals surface area contributed by atoms with Crippen molar-refractivity contribution in [2.75, 3.05) is 0 Å². The molecule has 0 saturated carbocycles. The Hall–Kier alpha value is -0.820. The number of rotatable bonds is 1. The van der Waals surface area contributed by atoms with E-state index >= 15 is 0 Å². The molecule has 0 spiro atoms. The van der Waals surface area contributed by atoms with Gasteiger partial charge in [0, 0.05) is 10.6 Å². The van der Waals surface area contributed by atoms with Gasteiger partial charge in [-0.1, -0.05) is 17.7 Å². The van der Waals surface area contributed by atoms with E-state index in [2.05, 4.69) is 0 Å². The third kappa shape index (κ3) is 1.86. The average Bonchev–Trinajstić information content (AvgIpc) is 2.08. The zero-order valence-corrected chi connectivity index (χ0v) is 7.82. The summed E-state index contributed by atoms with van der Waals surface area (Å²) in [4.78, 5) is 0. The van der Waals surface area contributed by atoms with Gasteiger partial charge in [-0.3, -0.25) is 0 Å². The zero-order valence-electron chi connectivity index (χ0n) is 7.07. The Kier molecular flexibility index (Phi) is 2.88. The predicted molar refractivity (Wildman–Crippen MR) is 50.7 cm³/mol. The molecule has 1 aromatic rings. The SMILES string of the molecule is C/C=C(\C)c1cc(Cl)ccc1F. The molecule has 0 amide bonds. The van der Waals surface area contributed by atoms with Crippen LogP contribution in [0.5, 0.6) is 0 Å². The van der Waals surface area contributed by atoms with Gasteiger partial charge in [0.15, 0.2) is 0 Å². The molecule has 0 aliphatic heterocycles. The standard InChI is InChI=1S/C10H10ClF/c1-3-7(2)9-6-8(11)4-5-10(9)12/h3-6H,1-2H3/b7-3+. The van der Waals surface area contributed by atoms with Crippen molar-refractivity contribution in [3.63, 3.8) is 0 Å². The highest BCUT2D eigenvalue weighted by Gasteiger charge is 2.03. The first-order valence-electron chi connectivity index (χ1n) is 3.73. The maximum Gasteiger partial charge on any atom is 0.130 e. The van der Waals surface area contributed by atoms with Crippen molar-refractivity contribution in [3.8, 4) is 0 Å². The Morgan fingerprint density at radius 1 is 1.50 bits per heavy atom. The van der Waals surface area contributed by atoms with E-state index in [9.17, 15) is 4.39 Å². The molecule has 0 fully saturated rings. The van der Waals surface area contributed by atoms with Gasteiger partial charge in [-0.05, 0) is 37.6 Å². The third-order valence-corrected chi connectivity index (χ3v) is 2.02. The summed E-state index contributed by atoms with van der Waals surface area (Å²) in [6.45, 7) is 3.73. The van der Waals surface area contributed by atoms with Crippen LogP contribution in [0.1, 0.15) is 19.4 Å². The molecular weight excluding hydrogens is 175 g/mol. The van der Waals surface area contributed by atoms with Crippen LogP contribution in [0.25, 0.3) is 5.57 Å². The molecule has 0 heterocycles. The molecule has 0 N–H and O–H groups in total. The molecule has 0 atom stereocenters. The van der Waals surface area contributed by atoms with Crippen LogP contribution in [0.3, 0.4) is 0 Å². The summed E-state index contributed by atoms with van der Waals surface area (Å²) < 4.78 is 13.1. The van der Waals surface area contributed by atoms with E-state index in [1.165, 1.54) is 6.07 Å². The van der Waals surface area contributed by atoms with Crippen LogP contribution in [0.15, 0.2) is 24.3 Å². The molecule has 0 nitrogen and oxygen atoms in total. The molecule has 0 radical (unpaired) electrons. The van der Waals surface area contributed by atoms with Gasteiger partial charge in [0.1, 0.15) is 5.82 Å². The number of halogens is 2. The van der Waals surface area contributed by atoms with E-state index in [1.54, 1.807) is 12.1 Å². The predicted octanol–water partition coefficient (Wildman–Crippen LogP) is 3.90. The van der Waals surface area contributed by atoms with Crippen LogP contribution >= 0.6 is 11.6 Å². The maximum absolute atomic E-state index is 13.1. The minimum absolute atomic E-state index is 0.227. The van der Waals surface area contributed by atoms with Gasteiger partial charge in [0.25, 0.3) is 0 Å². The van der Waals surface area contributed by atoms with Crippen molar-refractivity contribution in [2.24, 2.45) is 0 Å². The minimum atomic E-state index is -0.227. The number of benzene rings is 1. The molecule has 0 aliphatic carbocycles. The Labute approximate surface area is 76.7 Å². The Morgan fingerprint density at radius 3 is 2.75 bits per heavy atom.